The molecule has 0 aliphatic heterocycles. The number of hydrogen-bond donors (Lipinski definition) is 2. The highest BCUT2D eigenvalue weighted by molar-refractivity contribution is 9.11. The first-order chi connectivity index (χ1) is 9.31. The first kappa shape index (κ1) is 14.9. The number of nitrogens with zero attached hydrogens (tertiary/aromatic N) is 1. The van der Waals surface area contributed by atoms with Gasteiger partial charge < -0.3 is 5.11 Å². The number of hydrogen-bond acceptors (Lipinski definition) is 5. The highest BCUT2D eigenvalue weighted by atomic mass is 79.9. The largest absolute Gasteiger partial charge is 0.477 e. The average Bonchev–Trinajstić information content (AvgIpc) is 2.75. The Morgan fingerprint density at radius 3 is 2.75 bits per heavy atom. The van der Waals surface area contributed by atoms with E-state index >= 15 is 0 Å². The Morgan fingerprint density at radius 1 is 1.50 bits per heavy atom. The van der Waals surface area contributed by atoms with Gasteiger partial charge in [-0.05, 0) is 40.5 Å². The van der Waals surface area contributed by atoms with E-state index in [1.165, 1.54) is 6.20 Å². The van der Waals surface area contributed by atoms with Gasteiger partial charge in [0.25, 0.3) is 10.0 Å². The number of pyridine rings is 1. The molecule has 0 aliphatic rings. The fraction of sp³-hybridized carbons (Fsp3) is 0.0909. The number of halogens is 1. The van der Waals surface area contributed by atoms with Crippen molar-refractivity contribution in [3.05, 3.63) is 38.6 Å². The molecule has 2 heterocycles. The maximum Gasteiger partial charge on any atom is 0.345 e. The molecule has 2 aromatic heterocycles. The summed E-state index contributed by atoms with van der Waals surface area (Å²) >= 11 is 3.91. The summed E-state index contributed by atoms with van der Waals surface area (Å²) in [5, 5.41) is 8.88. The Labute approximate surface area is 127 Å². The second kappa shape index (κ2) is 5.51. The lowest BCUT2D eigenvalue weighted by Crippen LogP contribution is -2.14. The molecule has 0 atom stereocenters. The average molecular weight is 377 g/mol. The molecule has 0 spiro atoms. The van der Waals surface area contributed by atoms with Crippen LogP contribution in [0.4, 0.5) is 5.82 Å². The highest BCUT2D eigenvalue weighted by Crippen LogP contribution is 2.32. The molecule has 0 unspecified atom stereocenters. The zero-order valence-electron chi connectivity index (χ0n) is 10.1. The number of anilines is 1. The van der Waals surface area contributed by atoms with Crippen molar-refractivity contribution >= 4 is 49.1 Å². The second-order valence-electron chi connectivity index (χ2n) is 3.83. The van der Waals surface area contributed by atoms with Crippen LogP contribution < -0.4 is 4.72 Å². The van der Waals surface area contributed by atoms with Crippen LogP contribution in [0.1, 0.15) is 15.2 Å². The van der Waals surface area contributed by atoms with Gasteiger partial charge in [-0.1, -0.05) is 6.07 Å². The third-order valence-corrected chi connectivity index (χ3v) is 5.98. The first-order valence-electron chi connectivity index (χ1n) is 5.28. The summed E-state index contributed by atoms with van der Waals surface area (Å²) in [5.41, 5.74) is 0.667. The molecule has 0 bridgehead atoms. The van der Waals surface area contributed by atoms with Crippen LogP contribution in [0.5, 0.6) is 0 Å². The van der Waals surface area contributed by atoms with Crippen LogP contribution >= 0.6 is 27.3 Å². The standard InChI is InChI=1S/C11H9BrN2O4S2/c1-6-3-2-4-13-10(6)14-20(17,18)8-5-7(11(15)16)19-9(8)12/h2-5H,1H3,(H,13,14)(H,15,16). The number of carbonyl (C=O) groups is 1. The van der Waals surface area contributed by atoms with E-state index in [1.54, 1.807) is 19.1 Å². The van der Waals surface area contributed by atoms with Crippen molar-refractivity contribution < 1.29 is 18.3 Å². The van der Waals surface area contributed by atoms with Gasteiger partial charge in [0.1, 0.15) is 15.6 Å². The molecular weight excluding hydrogens is 368 g/mol. The number of carboxylic acids is 1. The molecule has 0 amide bonds. The Hall–Kier alpha value is -1.45. The predicted molar refractivity (Wildman–Crippen MR) is 78.8 cm³/mol. The van der Waals surface area contributed by atoms with Gasteiger partial charge in [0.15, 0.2) is 0 Å². The Balaban J connectivity index is 2.41. The number of nitrogens with one attached hydrogen (secondary N) is 1. The lowest BCUT2D eigenvalue weighted by Gasteiger charge is -2.08. The van der Waals surface area contributed by atoms with E-state index in [1.807, 2.05) is 0 Å². The fourth-order valence-corrected chi connectivity index (χ4v) is 4.90. The summed E-state index contributed by atoms with van der Waals surface area (Å²) in [6.07, 6.45) is 1.47. The topological polar surface area (TPSA) is 96.4 Å². The molecule has 0 fully saturated rings. The normalized spacial score (nSPS) is 11.3. The van der Waals surface area contributed by atoms with Crippen molar-refractivity contribution in [3.8, 4) is 0 Å². The second-order valence-corrected chi connectivity index (χ2v) is 7.85. The van der Waals surface area contributed by atoms with Gasteiger partial charge in [-0.15, -0.1) is 11.3 Å². The molecule has 0 saturated carbocycles. The Morgan fingerprint density at radius 2 is 2.20 bits per heavy atom. The molecule has 106 valence electrons. The molecule has 2 aromatic rings. The van der Waals surface area contributed by atoms with Gasteiger partial charge in [0.05, 0.1) is 3.79 Å². The van der Waals surface area contributed by atoms with Crippen LogP contribution in [0.3, 0.4) is 0 Å². The summed E-state index contributed by atoms with van der Waals surface area (Å²) in [6.45, 7) is 1.72. The third kappa shape index (κ3) is 3.00. The van der Waals surface area contributed by atoms with Gasteiger partial charge in [-0.25, -0.2) is 18.2 Å². The van der Waals surface area contributed by atoms with Crippen molar-refractivity contribution in [1.29, 1.82) is 0 Å². The van der Waals surface area contributed by atoms with Crippen molar-refractivity contribution in [2.45, 2.75) is 11.8 Å². The van der Waals surface area contributed by atoms with Gasteiger partial charge in [0, 0.05) is 6.20 Å². The van der Waals surface area contributed by atoms with Gasteiger partial charge in [-0.2, -0.15) is 0 Å². The Bertz CT molecular complexity index is 770. The van der Waals surface area contributed by atoms with E-state index in [0.717, 1.165) is 17.4 Å². The smallest absolute Gasteiger partial charge is 0.345 e. The van der Waals surface area contributed by atoms with Crippen LogP contribution in [0, 0.1) is 6.92 Å². The summed E-state index contributed by atoms with van der Waals surface area (Å²) in [5.74, 6) is -0.964. The van der Waals surface area contributed by atoms with Crippen LogP contribution in [0.25, 0.3) is 0 Å². The summed E-state index contributed by atoms with van der Waals surface area (Å²) < 4.78 is 27.1. The van der Waals surface area contributed by atoms with Gasteiger partial charge in [0.2, 0.25) is 0 Å². The SMILES string of the molecule is Cc1cccnc1NS(=O)(=O)c1cc(C(=O)O)sc1Br. The lowest BCUT2D eigenvalue weighted by atomic mass is 10.3. The minimum atomic E-state index is -3.89. The van der Waals surface area contributed by atoms with E-state index in [2.05, 4.69) is 25.6 Å². The molecule has 2 N–H and O–H groups in total. The number of thiophene rings is 1. The van der Waals surface area contributed by atoms with E-state index in [9.17, 15) is 13.2 Å². The monoisotopic (exact) mass is 376 g/mol. The number of rotatable bonds is 4. The molecule has 9 heteroatoms. The van der Waals surface area contributed by atoms with Crippen molar-refractivity contribution in [1.82, 2.24) is 4.98 Å². The van der Waals surface area contributed by atoms with Crippen LogP contribution in [0.2, 0.25) is 0 Å². The van der Waals surface area contributed by atoms with Crippen molar-refractivity contribution in [3.63, 3.8) is 0 Å². The molecule has 6 nitrogen and oxygen atoms in total. The van der Waals surface area contributed by atoms with E-state index in [-0.39, 0.29) is 19.4 Å². The van der Waals surface area contributed by atoms with Crippen molar-refractivity contribution in [2.24, 2.45) is 0 Å². The molecule has 0 saturated heterocycles. The van der Waals surface area contributed by atoms with Gasteiger partial charge in [-0.3, -0.25) is 4.72 Å². The fourth-order valence-electron chi connectivity index (χ4n) is 1.42. The highest BCUT2D eigenvalue weighted by Gasteiger charge is 2.24. The Kier molecular flexibility index (Phi) is 4.11. The quantitative estimate of drug-likeness (QED) is 0.854. The number of aryl methyl sites for hydroxylation is 1. The van der Waals surface area contributed by atoms with Crippen molar-refractivity contribution in [2.75, 3.05) is 4.72 Å². The molecule has 2 rings (SSSR count). The summed E-state index contributed by atoms with van der Waals surface area (Å²) in [6, 6.07) is 4.52. The van der Waals surface area contributed by atoms with E-state index in [0.29, 0.717) is 5.56 Å². The van der Waals surface area contributed by atoms with Crippen LogP contribution in [-0.4, -0.2) is 24.5 Å². The molecule has 0 radical (unpaired) electrons. The molecule has 0 aliphatic carbocycles. The minimum Gasteiger partial charge on any atom is -0.477 e. The maximum atomic E-state index is 12.2. The minimum absolute atomic E-state index is 0.0602. The molecular formula is C11H9BrN2O4S2. The van der Waals surface area contributed by atoms with Crippen LogP contribution in [0.15, 0.2) is 33.1 Å². The summed E-state index contributed by atoms with van der Waals surface area (Å²) in [4.78, 5) is 14.6. The lowest BCUT2D eigenvalue weighted by molar-refractivity contribution is 0.0702. The van der Waals surface area contributed by atoms with E-state index in [4.69, 9.17) is 5.11 Å². The number of sulfonamides is 1. The third-order valence-electron chi connectivity index (χ3n) is 2.40. The summed E-state index contributed by atoms with van der Waals surface area (Å²) in [7, 11) is -3.89. The zero-order chi connectivity index (χ0) is 14.9. The number of aromatic nitrogens is 1. The maximum absolute atomic E-state index is 12.2. The first-order valence-corrected chi connectivity index (χ1v) is 8.37. The number of carboxylic acid groups (broad SMARTS) is 1. The molecule has 20 heavy (non-hydrogen) atoms. The van der Waals surface area contributed by atoms with E-state index < -0.39 is 16.0 Å². The van der Waals surface area contributed by atoms with Gasteiger partial charge >= 0.3 is 5.97 Å². The molecule has 0 aromatic carbocycles. The predicted octanol–water partition coefficient (Wildman–Crippen LogP) is 2.71. The number of aromatic carboxylic acids is 1. The van der Waals surface area contributed by atoms with Crippen LogP contribution in [-0.2, 0) is 10.0 Å². The zero-order valence-corrected chi connectivity index (χ0v) is 13.3.